The Morgan fingerprint density at radius 1 is 1.03 bits per heavy atom. The minimum absolute atomic E-state index is 0.0510. The average Bonchev–Trinajstić information content (AvgIpc) is 3.30. The van der Waals surface area contributed by atoms with Crippen LogP contribution in [0.3, 0.4) is 0 Å². The molecule has 5 nitrogen and oxygen atoms in total. The minimum atomic E-state index is -0.330. The number of hydrogen-bond acceptors (Lipinski definition) is 5. The van der Waals surface area contributed by atoms with Crippen molar-refractivity contribution in [2.45, 2.75) is 38.5 Å². The molecule has 0 amide bonds. The molecule has 0 aromatic heterocycles. The van der Waals surface area contributed by atoms with Crippen LogP contribution in [0.1, 0.15) is 55.1 Å². The van der Waals surface area contributed by atoms with Crippen molar-refractivity contribution in [3.63, 3.8) is 0 Å². The summed E-state index contributed by atoms with van der Waals surface area (Å²) in [6, 6.07) is 22.0. The maximum Gasteiger partial charge on any atom is 0.213 e. The molecule has 0 aliphatic carbocycles. The van der Waals surface area contributed by atoms with Crippen molar-refractivity contribution in [1.82, 2.24) is 5.01 Å². The number of rotatable bonds is 7. The van der Waals surface area contributed by atoms with E-state index in [9.17, 15) is 0 Å². The fourth-order valence-electron chi connectivity index (χ4n) is 4.30. The lowest BCUT2D eigenvalue weighted by atomic mass is 9.96. The van der Waals surface area contributed by atoms with Crippen molar-refractivity contribution in [2.24, 2.45) is 5.10 Å². The first kappa shape index (κ1) is 21.7. The van der Waals surface area contributed by atoms with Crippen molar-refractivity contribution in [1.29, 1.82) is 0 Å². The number of halogens is 1. The summed E-state index contributed by atoms with van der Waals surface area (Å²) in [7, 11) is 1.67. The molecule has 0 N–H and O–H groups in total. The second kappa shape index (κ2) is 9.36. The highest BCUT2D eigenvalue weighted by molar-refractivity contribution is 6.30. The van der Waals surface area contributed by atoms with Gasteiger partial charge >= 0.3 is 0 Å². The second-order valence-electron chi connectivity index (χ2n) is 8.30. The summed E-state index contributed by atoms with van der Waals surface area (Å²) in [4.78, 5) is 0. The molecular formula is C27H27ClN2O3. The number of ether oxygens (including phenoxy) is 3. The van der Waals surface area contributed by atoms with Crippen LogP contribution in [-0.2, 0) is 0 Å². The molecule has 2 aliphatic heterocycles. The summed E-state index contributed by atoms with van der Waals surface area (Å²) in [5.74, 6) is 2.55. The molecule has 0 bridgehead atoms. The first-order valence-electron chi connectivity index (χ1n) is 11.4. The van der Waals surface area contributed by atoms with Crippen LogP contribution >= 0.6 is 11.6 Å². The molecule has 6 heteroatoms. The van der Waals surface area contributed by atoms with E-state index in [-0.39, 0.29) is 12.3 Å². The maximum atomic E-state index is 6.45. The molecule has 2 heterocycles. The fourth-order valence-corrected chi connectivity index (χ4v) is 4.48. The van der Waals surface area contributed by atoms with Crippen LogP contribution in [0.15, 0.2) is 71.8 Å². The molecule has 0 saturated carbocycles. The van der Waals surface area contributed by atoms with E-state index in [1.807, 2.05) is 54.6 Å². The highest BCUT2D eigenvalue weighted by Crippen LogP contribution is 2.48. The van der Waals surface area contributed by atoms with Gasteiger partial charge in [0.25, 0.3) is 0 Å². The predicted molar refractivity (Wildman–Crippen MR) is 130 cm³/mol. The van der Waals surface area contributed by atoms with E-state index < -0.39 is 0 Å². The Bertz CT molecular complexity index is 1150. The van der Waals surface area contributed by atoms with Crippen molar-refractivity contribution in [2.75, 3.05) is 13.7 Å². The summed E-state index contributed by atoms with van der Waals surface area (Å²) in [5, 5.41) is 7.77. The van der Waals surface area contributed by atoms with E-state index in [0.29, 0.717) is 5.02 Å². The third-order valence-corrected chi connectivity index (χ3v) is 6.34. The zero-order valence-corrected chi connectivity index (χ0v) is 19.6. The molecule has 5 rings (SSSR count). The molecule has 0 radical (unpaired) electrons. The number of fused-ring (bicyclic) bond motifs is 3. The zero-order chi connectivity index (χ0) is 22.8. The van der Waals surface area contributed by atoms with Gasteiger partial charge in [-0.2, -0.15) is 5.10 Å². The van der Waals surface area contributed by atoms with E-state index in [4.69, 9.17) is 30.9 Å². The Hall–Kier alpha value is -3.18. The van der Waals surface area contributed by atoms with Crippen molar-refractivity contribution >= 4 is 17.3 Å². The van der Waals surface area contributed by atoms with Crippen LogP contribution in [0.25, 0.3) is 0 Å². The van der Waals surface area contributed by atoms with Crippen LogP contribution in [0.2, 0.25) is 5.02 Å². The van der Waals surface area contributed by atoms with E-state index in [1.54, 1.807) is 7.11 Å². The molecule has 33 heavy (non-hydrogen) atoms. The van der Waals surface area contributed by atoms with E-state index in [1.165, 1.54) is 0 Å². The third kappa shape index (κ3) is 4.38. The van der Waals surface area contributed by atoms with Gasteiger partial charge in [-0.1, -0.05) is 24.9 Å². The van der Waals surface area contributed by atoms with Gasteiger partial charge < -0.3 is 14.2 Å². The van der Waals surface area contributed by atoms with Gasteiger partial charge in [0, 0.05) is 22.6 Å². The number of benzene rings is 3. The predicted octanol–water partition coefficient (Wildman–Crippen LogP) is 6.77. The average molecular weight is 463 g/mol. The van der Waals surface area contributed by atoms with Gasteiger partial charge in [0.15, 0.2) is 0 Å². The van der Waals surface area contributed by atoms with Crippen LogP contribution in [0, 0.1) is 0 Å². The highest BCUT2D eigenvalue weighted by Gasteiger charge is 2.41. The Morgan fingerprint density at radius 2 is 1.79 bits per heavy atom. The number of unbranched alkanes of at least 4 members (excludes halogenated alkanes) is 1. The molecular weight excluding hydrogens is 436 g/mol. The van der Waals surface area contributed by atoms with Crippen LogP contribution in [0.4, 0.5) is 0 Å². The van der Waals surface area contributed by atoms with E-state index in [2.05, 4.69) is 24.1 Å². The fraction of sp³-hybridized carbons (Fsp3) is 0.296. The van der Waals surface area contributed by atoms with Crippen LogP contribution in [0.5, 0.6) is 17.2 Å². The lowest BCUT2D eigenvalue weighted by Gasteiger charge is -2.38. The topological polar surface area (TPSA) is 43.3 Å². The number of methoxy groups -OCH3 is 1. The summed E-state index contributed by atoms with van der Waals surface area (Å²) < 4.78 is 17.6. The minimum Gasteiger partial charge on any atom is -0.497 e. The SMILES string of the molecule is CCCCOc1ccc([C@H]2Oc3ccc(Cl)cc3[C@@H]3CC(c4ccc(OC)cc4)=NN23)cc1. The number of hydrogen-bond donors (Lipinski definition) is 0. The molecule has 0 fully saturated rings. The molecule has 3 aromatic rings. The van der Waals surface area contributed by atoms with Crippen molar-refractivity contribution in [3.8, 4) is 17.2 Å². The van der Waals surface area contributed by atoms with Crippen LogP contribution in [-0.4, -0.2) is 24.4 Å². The number of hydrazone groups is 1. The number of nitrogens with zero attached hydrogens (tertiary/aromatic N) is 2. The Morgan fingerprint density at radius 3 is 2.52 bits per heavy atom. The highest BCUT2D eigenvalue weighted by atomic mass is 35.5. The summed E-state index contributed by atoms with van der Waals surface area (Å²) in [6.07, 6.45) is 2.61. The Labute approximate surface area is 199 Å². The summed E-state index contributed by atoms with van der Waals surface area (Å²) in [6.45, 7) is 2.89. The van der Waals surface area contributed by atoms with E-state index >= 15 is 0 Å². The van der Waals surface area contributed by atoms with Gasteiger partial charge in [0.1, 0.15) is 17.2 Å². The monoisotopic (exact) mass is 462 g/mol. The smallest absolute Gasteiger partial charge is 0.213 e. The Kier molecular flexibility index (Phi) is 6.14. The first-order chi connectivity index (χ1) is 16.2. The van der Waals surface area contributed by atoms with Crippen LogP contribution < -0.4 is 14.2 Å². The van der Waals surface area contributed by atoms with Crippen molar-refractivity contribution < 1.29 is 14.2 Å². The van der Waals surface area contributed by atoms with Gasteiger partial charge in [0.2, 0.25) is 6.23 Å². The summed E-state index contributed by atoms with van der Waals surface area (Å²) in [5.41, 5.74) is 4.18. The molecule has 2 aliphatic rings. The largest absolute Gasteiger partial charge is 0.497 e. The molecule has 0 saturated heterocycles. The van der Waals surface area contributed by atoms with Gasteiger partial charge in [0.05, 0.1) is 25.5 Å². The Balaban J connectivity index is 1.47. The van der Waals surface area contributed by atoms with E-state index in [0.717, 1.165) is 65.5 Å². The molecule has 2 atom stereocenters. The lowest BCUT2D eigenvalue weighted by Crippen LogP contribution is -2.33. The summed E-state index contributed by atoms with van der Waals surface area (Å²) >= 11 is 6.34. The normalized spacial score (nSPS) is 18.8. The maximum absolute atomic E-state index is 6.45. The molecule has 0 unspecified atom stereocenters. The quantitative estimate of drug-likeness (QED) is 0.363. The van der Waals surface area contributed by atoms with Gasteiger partial charge in [-0.3, -0.25) is 0 Å². The van der Waals surface area contributed by atoms with Crippen molar-refractivity contribution in [3.05, 3.63) is 88.4 Å². The van der Waals surface area contributed by atoms with Gasteiger partial charge in [-0.05, 0) is 78.7 Å². The van der Waals surface area contributed by atoms with Gasteiger partial charge in [-0.25, -0.2) is 5.01 Å². The molecule has 170 valence electrons. The lowest BCUT2D eigenvalue weighted by molar-refractivity contribution is -0.0190. The third-order valence-electron chi connectivity index (χ3n) is 6.11. The standard InChI is InChI=1S/C27H27ClN2O3/c1-3-4-15-32-22-12-7-19(8-13-22)27-30-25(23-16-20(28)9-14-26(23)33-27)17-24(29-30)18-5-10-21(31-2)11-6-18/h5-14,16,25,27H,3-4,15,17H2,1-2H3/t25-,27+/m0/s1. The molecule has 3 aromatic carbocycles. The zero-order valence-electron chi connectivity index (χ0n) is 18.8. The van der Waals surface area contributed by atoms with Gasteiger partial charge in [-0.15, -0.1) is 0 Å². The first-order valence-corrected chi connectivity index (χ1v) is 11.7. The second-order valence-corrected chi connectivity index (χ2v) is 8.73. The molecule has 0 spiro atoms.